The van der Waals surface area contributed by atoms with Gasteiger partial charge in [0, 0.05) is 18.7 Å². The summed E-state index contributed by atoms with van der Waals surface area (Å²) in [6, 6.07) is 4.75. The molecule has 1 aromatic rings. The molecule has 0 radical (unpaired) electrons. The number of carboxylic acid groups (broad SMARTS) is 1. The molecule has 1 aliphatic heterocycles. The molecule has 0 aliphatic carbocycles. The maximum Gasteiger partial charge on any atom is 0.326 e. The standard InChI is InChI=1S/C19H24N2O4/c1-4-5-8-15(19(24)25)20-18(23)14-10-17(22)21(11-14)16-9-6-7-12(2)13(16)3/h4-7,9,14-15H,8,10-11H2,1-3H3,(H,20,23)(H,24,25)/b5-4+. The Morgan fingerprint density at radius 3 is 2.76 bits per heavy atom. The molecule has 134 valence electrons. The lowest BCUT2D eigenvalue weighted by molar-refractivity contribution is -0.142. The van der Waals surface area contributed by atoms with Crippen molar-refractivity contribution in [2.24, 2.45) is 5.92 Å². The van der Waals surface area contributed by atoms with Crippen molar-refractivity contribution < 1.29 is 19.5 Å². The minimum absolute atomic E-state index is 0.0924. The Morgan fingerprint density at radius 1 is 1.40 bits per heavy atom. The first-order valence-electron chi connectivity index (χ1n) is 8.36. The summed E-state index contributed by atoms with van der Waals surface area (Å²) < 4.78 is 0. The van der Waals surface area contributed by atoms with Crippen LogP contribution < -0.4 is 10.2 Å². The number of anilines is 1. The van der Waals surface area contributed by atoms with Crippen molar-refractivity contribution in [3.05, 3.63) is 41.5 Å². The Balaban J connectivity index is 2.09. The molecule has 1 fully saturated rings. The number of benzene rings is 1. The van der Waals surface area contributed by atoms with Crippen molar-refractivity contribution in [1.82, 2.24) is 5.32 Å². The van der Waals surface area contributed by atoms with Crippen LogP contribution in [0.1, 0.15) is 30.9 Å². The van der Waals surface area contributed by atoms with E-state index < -0.39 is 23.8 Å². The summed E-state index contributed by atoms with van der Waals surface area (Å²) in [6.07, 6.45) is 3.75. The van der Waals surface area contributed by atoms with Gasteiger partial charge in [-0.3, -0.25) is 9.59 Å². The van der Waals surface area contributed by atoms with Crippen LogP contribution in [-0.4, -0.2) is 35.5 Å². The van der Waals surface area contributed by atoms with Crippen molar-refractivity contribution in [1.29, 1.82) is 0 Å². The van der Waals surface area contributed by atoms with Gasteiger partial charge in [0.25, 0.3) is 0 Å². The lowest BCUT2D eigenvalue weighted by Crippen LogP contribution is -2.44. The number of hydrogen-bond donors (Lipinski definition) is 2. The number of hydrogen-bond acceptors (Lipinski definition) is 3. The molecule has 1 aromatic carbocycles. The number of aliphatic carboxylic acids is 1. The van der Waals surface area contributed by atoms with E-state index in [9.17, 15) is 19.5 Å². The molecule has 1 aliphatic rings. The van der Waals surface area contributed by atoms with Gasteiger partial charge in [-0.1, -0.05) is 24.3 Å². The Morgan fingerprint density at radius 2 is 2.12 bits per heavy atom. The number of nitrogens with zero attached hydrogens (tertiary/aromatic N) is 1. The first-order valence-corrected chi connectivity index (χ1v) is 8.36. The van der Waals surface area contributed by atoms with Crippen LogP contribution in [0.3, 0.4) is 0 Å². The van der Waals surface area contributed by atoms with E-state index in [1.807, 2.05) is 32.0 Å². The Labute approximate surface area is 147 Å². The molecule has 6 nitrogen and oxygen atoms in total. The lowest BCUT2D eigenvalue weighted by Gasteiger charge is -2.20. The highest BCUT2D eigenvalue weighted by molar-refractivity contribution is 6.01. The van der Waals surface area contributed by atoms with Crippen molar-refractivity contribution in [2.45, 2.75) is 39.7 Å². The maximum atomic E-state index is 12.4. The third-order valence-corrected chi connectivity index (χ3v) is 4.58. The number of nitrogens with one attached hydrogen (secondary N) is 1. The zero-order valence-corrected chi connectivity index (χ0v) is 14.8. The van der Waals surface area contributed by atoms with Gasteiger partial charge < -0.3 is 15.3 Å². The van der Waals surface area contributed by atoms with E-state index in [1.54, 1.807) is 24.0 Å². The summed E-state index contributed by atoms with van der Waals surface area (Å²) in [5.74, 6) is -2.13. The van der Waals surface area contributed by atoms with Gasteiger partial charge in [0.15, 0.2) is 0 Å². The second-order valence-electron chi connectivity index (χ2n) is 6.33. The van der Waals surface area contributed by atoms with E-state index in [0.717, 1.165) is 16.8 Å². The molecule has 1 saturated heterocycles. The summed E-state index contributed by atoms with van der Waals surface area (Å²) >= 11 is 0. The molecule has 6 heteroatoms. The first-order chi connectivity index (χ1) is 11.8. The normalized spacial score (nSPS) is 18.6. The lowest BCUT2D eigenvalue weighted by atomic mass is 10.1. The zero-order valence-electron chi connectivity index (χ0n) is 14.8. The quantitative estimate of drug-likeness (QED) is 0.775. The van der Waals surface area contributed by atoms with Crippen LogP contribution in [0.4, 0.5) is 5.69 Å². The highest BCUT2D eigenvalue weighted by Gasteiger charge is 2.36. The highest BCUT2D eigenvalue weighted by atomic mass is 16.4. The van der Waals surface area contributed by atoms with Crippen LogP contribution in [0.2, 0.25) is 0 Å². The third-order valence-electron chi connectivity index (χ3n) is 4.58. The molecule has 0 bridgehead atoms. The largest absolute Gasteiger partial charge is 0.480 e. The molecule has 2 N–H and O–H groups in total. The molecule has 2 unspecified atom stereocenters. The molecule has 0 saturated carbocycles. The maximum absolute atomic E-state index is 12.4. The zero-order chi connectivity index (χ0) is 18.6. The summed E-state index contributed by atoms with van der Waals surface area (Å²) in [4.78, 5) is 37.7. The molecule has 0 aromatic heterocycles. The monoisotopic (exact) mass is 344 g/mol. The third kappa shape index (κ3) is 4.26. The molecule has 2 rings (SSSR count). The van der Waals surface area contributed by atoms with Crippen LogP contribution in [0, 0.1) is 19.8 Å². The SMILES string of the molecule is C/C=C/CC(NC(=O)C1CC(=O)N(c2cccc(C)c2C)C1)C(=O)O. The van der Waals surface area contributed by atoms with E-state index in [1.165, 1.54) is 0 Å². The van der Waals surface area contributed by atoms with E-state index in [4.69, 9.17) is 0 Å². The molecule has 0 spiro atoms. The summed E-state index contributed by atoms with van der Waals surface area (Å²) in [5.41, 5.74) is 2.90. The van der Waals surface area contributed by atoms with Crippen LogP contribution in [0.15, 0.2) is 30.4 Å². The fraction of sp³-hybridized carbons (Fsp3) is 0.421. The van der Waals surface area contributed by atoms with E-state index in [2.05, 4.69) is 5.32 Å². The van der Waals surface area contributed by atoms with E-state index in [-0.39, 0.29) is 25.3 Å². The number of rotatable bonds is 6. The van der Waals surface area contributed by atoms with Gasteiger partial charge in [-0.25, -0.2) is 4.79 Å². The van der Waals surface area contributed by atoms with Crippen molar-refractivity contribution in [2.75, 3.05) is 11.4 Å². The fourth-order valence-corrected chi connectivity index (χ4v) is 2.93. The second-order valence-corrected chi connectivity index (χ2v) is 6.33. The Bertz CT molecular complexity index is 711. The Hall–Kier alpha value is -2.63. The molecule has 25 heavy (non-hydrogen) atoms. The fourth-order valence-electron chi connectivity index (χ4n) is 2.93. The average molecular weight is 344 g/mol. The summed E-state index contributed by atoms with van der Waals surface area (Å²) in [6.45, 7) is 5.98. The highest BCUT2D eigenvalue weighted by Crippen LogP contribution is 2.29. The first kappa shape index (κ1) is 18.7. The van der Waals surface area contributed by atoms with Gasteiger partial charge >= 0.3 is 5.97 Å². The molecular formula is C19H24N2O4. The molecule has 2 atom stereocenters. The van der Waals surface area contributed by atoms with Gasteiger partial charge in [0.1, 0.15) is 6.04 Å². The molecule has 2 amide bonds. The number of allylic oxidation sites excluding steroid dienone is 1. The Kier molecular flexibility index (Phi) is 5.96. The number of amides is 2. The van der Waals surface area contributed by atoms with Gasteiger partial charge in [-0.2, -0.15) is 0 Å². The molecular weight excluding hydrogens is 320 g/mol. The summed E-state index contributed by atoms with van der Waals surface area (Å²) in [7, 11) is 0. The predicted molar refractivity (Wildman–Crippen MR) is 95.4 cm³/mol. The van der Waals surface area contributed by atoms with Crippen LogP contribution >= 0.6 is 0 Å². The van der Waals surface area contributed by atoms with Crippen LogP contribution in [0.5, 0.6) is 0 Å². The van der Waals surface area contributed by atoms with E-state index in [0.29, 0.717) is 0 Å². The number of carbonyl (C=O) groups is 3. The number of carboxylic acids is 1. The second kappa shape index (κ2) is 7.96. The average Bonchev–Trinajstić information content (AvgIpc) is 2.95. The topological polar surface area (TPSA) is 86.7 Å². The van der Waals surface area contributed by atoms with Crippen LogP contribution in [-0.2, 0) is 14.4 Å². The van der Waals surface area contributed by atoms with Gasteiger partial charge in [-0.05, 0) is 44.4 Å². The van der Waals surface area contributed by atoms with Crippen molar-refractivity contribution in [3.8, 4) is 0 Å². The predicted octanol–water partition coefficient (Wildman–Crippen LogP) is 2.19. The summed E-state index contributed by atoms with van der Waals surface area (Å²) in [5, 5.41) is 11.8. The van der Waals surface area contributed by atoms with Crippen molar-refractivity contribution in [3.63, 3.8) is 0 Å². The van der Waals surface area contributed by atoms with Gasteiger partial charge in [-0.15, -0.1) is 0 Å². The van der Waals surface area contributed by atoms with Crippen molar-refractivity contribution >= 4 is 23.5 Å². The van der Waals surface area contributed by atoms with Gasteiger partial charge in [0.2, 0.25) is 11.8 Å². The number of aryl methyl sites for hydroxylation is 1. The van der Waals surface area contributed by atoms with Gasteiger partial charge in [0.05, 0.1) is 5.92 Å². The smallest absolute Gasteiger partial charge is 0.326 e. The minimum Gasteiger partial charge on any atom is -0.480 e. The molecule has 1 heterocycles. The van der Waals surface area contributed by atoms with Crippen LogP contribution in [0.25, 0.3) is 0 Å². The number of carbonyl (C=O) groups excluding carboxylic acids is 2. The van der Waals surface area contributed by atoms with E-state index >= 15 is 0 Å². The minimum atomic E-state index is -1.08.